The second-order valence-corrected chi connectivity index (χ2v) is 1.45. The van der Waals surface area contributed by atoms with Crippen molar-refractivity contribution in [2.75, 3.05) is 6.54 Å². The van der Waals surface area contributed by atoms with Gasteiger partial charge in [-0.3, -0.25) is 0 Å². The van der Waals surface area contributed by atoms with Crippen molar-refractivity contribution in [3.63, 3.8) is 0 Å². The van der Waals surface area contributed by atoms with Gasteiger partial charge in [-0.1, -0.05) is 11.6 Å². The number of hydrogen-bond donors (Lipinski definition) is 0. The van der Waals surface area contributed by atoms with Crippen molar-refractivity contribution in [3.8, 4) is 0 Å². The first-order valence-corrected chi connectivity index (χ1v) is 2.04. The summed E-state index contributed by atoms with van der Waals surface area (Å²) in [4.78, 5) is 3.56. The van der Waals surface area contributed by atoms with Crippen LogP contribution in [0.4, 0.5) is 0 Å². The summed E-state index contributed by atoms with van der Waals surface area (Å²) in [5.41, 5.74) is -0.259. The fourth-order valence-electron chi connectivity index (χ4n) is 0.241. The highest BCUT2D eigenvalue weighted by atomic mass is 35.5. The van der Waals surface area contributed by atoms with Gasteiger partial charge in [-0.2, -0.15) is 0 Å². The molecule has 3 heteroatoms. The van der Waals surface area contributed by atoms with Crippen LogP contribution in [0.15, 0.2) is 4.99 Å². The van der Waals surface area contributed by atoms with Crippen LogP contribution in [0.2, 0.25) is 0 Å². The maximum atomic E-state index is 5.33. The predicted octanol–water partition coefficient (Wildman–Crippen LogP) is 0.487. The second-order valence-electron chi connectivity index (χ2n) is 0.960. The van der Waals surface area contributed by atoms with E-state index in [4.69, 9.17) is 11.6 Å². The molecule has 0 aromatic heterocycles. The summed E-state index contributed by atoms with van der Waals surface area (Å²) in [6.07, 6.45) is 2.27. The highest BCUT2D eigenvalue weighted by Gasteiger charge is 2.05. The van der Waals surface area contributed by atoms with E-state index in [2.05, 4.69) is 16.1 Å². The third-order valence-corrected chi connectivity index (χ3v) is 0.707. The molecule has 1 rings (SSSR count). The highest BCUT2D eigenvalue weighted by Crippen LogP contribution is 2.01. The van der Waals surface area contributed by atoms with Crippen molar-refractivity contribution in [1.29, 1.82) is 0 Å². The number of hydrogen-bond acceptors (Lipinski definition) is 2. The molecule has 0 aromatic rings. The lowest BCUT2D eigenvalue weighted by Crippen LogP contribution is -1.97. The van der Waals surface area contributed by atoms with Crippen LogP contribution in [0.5, 0.6) is 0 Å². The minimum Gasteiger partial charge on any atom is -0.452 e. The SMILES string of the molecule is ClC1CN=[C]O1. The molecule has 1 atom stereocenters. The monoisotopic (exact) mass is 104 g/mol. The first-order valence-electron chi connectivity index (χ1n) is 1.61. The lowest BCUT2D eigenvalue weighted by molar-refractivity contribution is 0.319. The Hall–Kier alpha value is -0.240. The highest BCUT2D eigenvalue weighted by molar-refractivity contribution is 6.20. The van der Waals surface area contributed by atoms with Crippen LogP contribution in [-0.4, -0.2) is 18.5 Å². The molecule has 33 valence electrons. The number of ether oxygens (including phenoxy) is 1. The average molecular weight is 105 g/mol. The zero-order valence-electron chi connectivity index (χ0n) is 3.02. The van der Waals surface area contributed by atoms with E-state index in [1.807, 2.05) is 0 Å². The van der Waals surface area contributed by atoms with Gasteiger partial charge in [0, 0.05) is 0 Å². The molecule has 1 radical (unpaired) electrons. The first kappa shape index (κ1) is 3.93. The van der Waals surface area contributed by atoms with E-state index in [-0.39, 0.29) is 5.56 Å². The molecule has 0 saturated carbocycles. The molecule has 0 fully saturated rings. The van der Waals surface area contributed by atoms with E-state index in [1.165, 1.54) is 0 Å². The van der Waals surface area contributed by atoms with E-state index in [9.17, 15) is 0 Å². The van der Waals surface area contributed by atoms with Crippen molar-refractivity contribution >= 4 is 18.0 Å². The molecule has 2 nitrogen and oxygen atoms in total. The van der Waals surface area contributed by atoms with Gasteiger partial charge >= 0.3 is 0 Å². The van der Waals surface area contributed by atoms with Gasteiger partial charge in [-0.25, -0.2) is 4.99 Å². The molecule has 0 saturated heterocycles. The smallest absolute Gasteiger partial charge is 0.274 e. The first-order chi connectivity index (χ1) is 2.89. The van der Waals surface area contributed by atoms with E-state index >= 15 is 0 Å². The van der Waals surface area contributed by atoms with Gasteiger partial charge in [0.25, 0.3) is 6.40 Å². The molecule has 1 aliphatic heterocycles. The lowest BCUT2D eigenvalue weighted by atomic mass is 10.7. The van der Waals surface area contributed by atoms with Crippen LogP contribution in [0.3, 0.4) is 0 Å². The van der Waals surface area contributed by atoms with Crippen molar-refractivity contribution in [2.24, 2.45) is 4.99 Å². The molecule has 0 aromatic carbocycles. The van der Waals surface area contributed by atoms with Gasteiger partial charge in [0.1, 0.15) is 0 Å². The van der Waals surface area contributed by atoms with Gasteiger partial charge in [0.15, 0.2) is 5.56 Å². The molecule has 0 aliphatic carbocycles. The number of alkyl halides is 1. The van der Waals surface area contributed by atoms with Crippen LogP contribution < -0.4 is 0 Å². The van der Waals surface area contributed by atoms with Gasteiger partial charge in [-0.15, -0.1) is 0 Å². The molecule has 1 aliphatic rings. The molecule has 1 unspecified atom stereocenters. The molecular weight excluding hydrogens is 101 g/mol. The minimum atomic E-state index is -0.259. The summed E-state index contributed by atoms with van der Waals surface area (Å²) in [7, 11) is 0. The van der Waals surface area contributed by atoms with Crippen molar-refractivity contribution in [2.45, 2.75) is 5.56 Å². The molecule has 0 bridgehead atoms. The van der Waals surface area contributed by atoms with Crippen LogP contribution in [0.25, 0.3) is 0 Å². The number of halogens is 1. The quantitative estimate of drug-likeness (QED) is 0.410. The topological polar surface area (TPSA) is 21.6 Å². The maximum absolute atomic E-state index is 5.33. The van der Waals surface area contributed by atoms with Crippen LogP contribution in [0, 0.1) is 0 Å². The van der Waals surface area contributed by atoms with E-state index in [1.54, 1.807) is 0 Å². The summed E-state index contributed by atoms with van der Waals surface area (Å²) in [5, 5.41) is 0. The van der Waals surface area contributed by atoms with E-state index in [0.29, 0.717) is 6.54 Å². The molecule has 6 heavy (non-hydrogen) atoms. The van der Waals surface area contributed by atoms with Crippen LogP contribution in [0.1, 0.15) is 0 Å². The number of aliphatic imine (C=N–C) groups is 1. The largest absolute Gasteiger partial charge is 0.452 e. The normalized spacial score (nSPS) is 30.5. The van der Waals surface area contributed by atoms with Crippen molar-refractivity contribution in [3.05, 3.63) is 0 Å². The van der Waals surface area contributed by atoms with Gasteiger partial charge in [0.05, 0.1) is 6.54 Å². The number of nitrogens with zero attached hydrogens (tertiary/aromatic N) is 1. The van der Waals surface area contributed by atoms with E-state index < -0.39 is 0 Å². The van der Waals surface area contributed by atoms with Crippen molar-refractivity contribution in [1.82, 2.24) is 0 Å². The Bertz CT molecular complexity index is 65.2. The van der Waals surface area contributed by atoms with Crippen molar-refractivity contribution < 1.29 is 4.74 Å². The summed E-state index contributed by atoms with van der Waals surface area (Å²) in [6.45, 7) is 0.543. The second kappa shape index (κ2) is 1.47. The maximum Gasteiger partial charge on any atom is 0.274 e. The summed E-state index contributed by atoms with van der Waals surface area (Å²) in [5.74, 6) is 0. The fraction of sp³-hybridized carbons (Fsp3) is 0.667. The summed E-state index contributed by atoms with van der Waals surface area (Å²) < 4.78 is 4.50. The zero-order chi connectivity index (χ0) is 4.41. The molecule has 0 amide bonds. The third-order valence-electron chi connectivity index (χ3n) is 0.480. The lowest BCUT2D eigenvalue weighted by Gasteiger charge is -1.90. The fourth-order valence-corrected chi connectivity index (χ4v) is 0.350. The minimum absolute atomic E-state index is 0.259. The van der Waals surface area contributed by atoms with Crippen LogP contribution in [-0.2, 0) is 4.74 Å². The molecular formula is C3H3ClNO. The molecule has 0 N–H and O–H groups in total. The number of rotatable bonds is 0. The zero-order valence-corrected chi connectivity index (χ0v) is 3.77. The van der Waals surface area contributed by atoms with Gasteiger partial charge in [0.2, 0.25) is 0 Å². The Morgan fingerprint density at radius 2 is 2.83 bits per heavy atom. The third kappa shape index (κ3) is 0.627. The Morgan fingerprint density at radius 3 is 3.00 bits per heavy atom. The average Bonchev–Trinajstić information content (AvgIpc) is 1.86. The molecule has 1 heterocycles. The Balaban J connectivity index is 2.32. The van der Waals surface area contributed by atoms with Gasteiger partial charge < -0.3 is 4.74 Å². The Morgan fingerprint density at radius 1 is 2.00 bits per heavy atom. The predicted molar refractivity (Wildman–Crippen MR) is 23.0 cm³/mol. The Kier molecular flexibility index (Phi) is 0.965. The summed E-state index contributed by atoms with van der Waals surface area (Å²) >= 11 is 5.33. The standard InChI is InChI=1S/C3H3ClNO/c4-3-1-5-2-6-3/h3H,1H2. The van der Waals surface area contributed by atoms with Crippen LogP contribution >= 0.6 is 11.6 Å². The summed E-state index contributed by atoms with van der Waals surface area (Å²) in [6, 6.07) is 0. The van der Waals surface area contributed by atoms with Gasteiger partial charge in [-0.05, 0) is 0 Å². The molecule has 0 spiro atoms. The van der Waals surface area contributed by atoms with E-state index in [0.717, 1.165) is 0 Å². The Labute approximate surface area is 40.8 Å².